The third-order valence-corrected chi connectivity index (χ3v) is 3.62. The molecular formula is C10H15NO2S. The number of hydrogen-bond acceptors (Lipinski definition) is 3. The van der Waals surface area contributed by atoms with E-state index in [1.165, 1.54) is 0 Å². The Morgan fingerprint density at radius 3 is 2.64 bits per heavy atom. The SMILES string of the molecule is CN[C@H](C(=O)O)C(C)(C)c1cccs1. The molecule has 0 aliphatic carbocycles. The largest absolute Gasteiger partial charge is 0.480 e. The third kappa shape index (κ3) is 1.96. The van der Waals surface area contributed by atoms with E-state index in [1.807, 2.05) is 31.4 Å². The monoisotopic (exact) mass is 213 g/mol. The van der Waals surface area contributed by atoms with E-state index in [2.05, 4.69) is 5.32 Å². The number of carboxylic acid groups (broad SMARTS) is 1. The molecule has 0 aliphatic rings. The van der Waals surface area contributed by atoms with Crippen molar-refractivity contribution in [1.82, 2.24) is 5.32 Å². The second-order valence-corrected chi connectivity index (χ2v) is 4.71. The van der Waals surface area contributed by atoms with Crippen molar-refractivity contribution in [1.29, 1.82) is 0 Å². The Kier molecular flexibility index (Phi) is 3.29. The summed E-state index contributed by atoms with van der Waals surface area (Å²) in [6, 6.07) is 3.36. The molecule has 1 aromatic rings. The van der Waals surface area contributed by atoms with Gasteiger partial charge in [-0.2, -0.15) is 0 Å². The van der Waals surface area contributed by atoms with Crippen LogP contribution in [-0.2, 0) is 10.2 Å². The van der Waals surface area contributed by atoms with E-state index in [9.17, 15) is 4.79 Å². The van der Waals surface area contributed by atoms with Gasteiger partial charge in [-0.1, -0.05) is 19.9 Å². The fourth-order valence-corrected chi connectivity index (χ4v) is 2.46. The maximum Gasteiger partial charge on any atom is 0.321 e. The van der Waals surface area contributed by atoms with Crippen LogP contribution in [0.1, 0.15) is 18.7 Å². The van der Waals surface area contributed by atoms with Crippen LogP contribution in [0.4, 0.5) is 0 Å². The Hall–Kier alpha value is -0.870. The van der Waals surface area contributed by atoms with Gasteiger partial charge in [-0.25, -0.2) is 0 Å². The van der Waals surface area contributed by atoms with E-state index in [1.54, 1.807) is 18.4 Å². The Labute approximate surface area is 87.8 Å². The van der Waals surface area contributed by atoms with E-state index in [0.29, 0.717) is 0 Å². The minimum absolute atomic E-state index is 0.380. The van der Waals surface area contributed by atoms with E-state index in [4.69, 9.17) is 5.11 Å². The van der Waals surface area contributed by atoms with Crippen molar-refractivity contribution in [3.05, 3.63) is 22.4 Å². The lowest BCUT2D eigenvalue weighted by Gasteiger charge is -2.30. The van der Waals surface area contributed by atoms with Gasteiger partial charge in [-0.3, -0.25) is 4.79 Å². The summed E-state index contributed by atoms with van der Waals surface area (Å²) in [5.74, 6) is -0.814. The molecule has 0 saturated heterocycles. The summed E-state index contributed by atoms with van der Waals surface area (Å²) >= 11 is 1.59. The summed E-state index contributed by atoms with van der Waals surface area (Å²) in [4.78, 5) is 12.1. The van der Waals surface area contributed by atoms with Crippen molar-refractivity contribution >= 4 is 17.3 Å². The van der Waals surface area contributed by atoms with Gasteiger partial charge in [0, 0.05) is 10.3 Å². The molecule has 0 spiro atoms. The molecule has 0 bridgehead atoms. The van der Waals surface area contributed by atoms with Crippen LogP contribution in [0.2, 0.25) is 0 Å². The molecule has 1 aromatic heterocycles. The Morgan fingerprint density at radius 2 is 2.29 bits per heavy atom. The van der Waals surface area contributed by atoms with Crippen molar-refractivity contribution in [3.8, 4) is 0 Å². The van der Waals surface area contributed by atoms with E-state index in [0.717, 1.165) is 4.88 Å². The molecule has 0 aliphatic heterocycles. The zero-order valence-corrected chi connectivity index (χ0v) is 9.39. The molecule has 3 nitrogen and oxygen atoms in total. The fraction of sp³-hybridized carbons (Fsp3) is 0.500. The van der Waals surface area contributed by atoms with Crippen molar-refractivity contribution in [2.75, 3.05) is 7.05 Å². The number of carboxylic acids is 1. The third-order valence-electron chi connectivity index (χ3n) is 2.41. The topological polar surface area (TPSA) is 49.3 Å². The van der Waals surface area contributed by atoms with Gasteiger partial charge in [0.1, 0.15) is 6.04 Å². The van der Waals surface area contributed by atoms with E-state index < -0.39 is 12.0 Å². The fourth-order valence-electron chi connectivity index (χ4n) is 1.58. The predicted octanol–water partition coefficient (Wildman–Crippen LogP) is 1.70. The summed E-state index contributed by atoms with van der Waals surface area (Å²) in [5, 5.41) is 13.9. The Balaban J connectivity index is 2.99. The average Bonchev–Trinajstić information content (AvgIpc) is 2.55. The number of thiophene rings is 1. The highest BCUT2D eigenvalue weighted by atomic mass is 32.1. The molecule has 0 saturated carbocycles. The summed E-state index contributed by atoms with van der Waals surface area (Å²) in [6.07, 6.45) is 0. The van der Waals surface area contributed by atoms with Gasteiger partial charge in [-0.15, -0.1) is 11.3 Å². The molecule has 1 rings (SSSR count). The first-order valence-corrected chi connectivity index (χ1v) is 5.32. The molecule has 0 fully saturated rings. The molecule has 0 unspecified atom stereocenters. The summed E-state index contributed by atoms with van der Waals surface area (Å²) in [5.41, 5.74) is -0.380. The second kappa shape index (κ2) is 4.11. The molecule has 4 heteroatoms. The highest BCUT2D eigenvalue weighted by Crippen LogP contribution is 2.30. The van der Waals surface area contributed by atoms with Crippen LogP contribution in [0.25, 0.3) is 0 Å². The molecule has 0 aromatic carbocycles. The smallest absolute Gasteiger partial charge is 0.321 e. The predicted molar refractivity (Wildman–Crippen MR) is 57.8 cm³/mol. The van der Waals surface area contributed by atoms with Crippen molar-refractivity contribution in [2.24, 2.45) is 0 Å². The minimum Gasteiger partial charge on any atom is -0.480 e. The quantitative estimate of drug-likeness (QED) is 0.800. The Bertz CT molecular complexity index is 306. The lowest BCUT2D eigenvalue weighted by atomic mass is 9.83. The Morgan fingerprint density at radius 1 is 1.64 bits per heavy atom. The van der Waals surface area contributed by atoms with E-state index in [-0.39, 0.29) is 5.41 Å². The second-order valence-electron chi connectivity index (χ2n) is 3.76. The zero-order chi connectivity index (χ0) is 10.8. The molecule has 78 valence electrons. The molecule has 0 amide bonds. The molecule has 14 heavy (non-hydrogen) atoms. The van der Waals surface area contributed by atoms with Crippen LogP contribution >= 0.6 is 11.3 Å². The first-order valence-electron chi connectivity index (χ1n) is 4.44. The zero-order valence-electron chi connectivity index (χ0n) is 8.57. The van der Waals surface area contributed by atoms with Gasteiger partial charge in [0.2, 0.25) is 0 Å². The summed E-state index contributed by atoms with van der Waals surface area (Å²) in [6.45, 7) is 3.88. The number of nitrogens with one attached hydrogen (secondary N) is 1. The van der Waals surface area contributed by atoms with Crippen LogP contribution in [0.15, 0.2) is 17.5 Å². The van der Waals surface area contributed by atoms with Gasteiger partial charge in [0.15, 0.2) is 0 Å². The maximum absolute atomic E-state index is 11.0. The number of rotatable bonds is 4. The average molecular weight is 213 g/mol. The summed E-state index contributed by atoms with van der Waals surface area (Å²) < 4.78 is 0. The minimum atomic E-state index is -0.814. The van der Waals surface area contributed by atoms with Crippen LogP contribution < -0.4 is 5.32 Å². The van der Waals surface area contributed by atoms with Gasteiger partial charge >= 0.3 is 5.97 Å². The van der Waals surface area contributed by atoms with Crippen molar-refractivity contribution in [2.45, 2.75) is 25.3 Å². The maximum atomic E-state index is 11.0. The number of carbonyl (C=O) groups is 1. The molecular weight excluding hydrogens is 198 g/mol. The molecule has 1 atom stereocenters. The first-order chi connectivity index (χ1) is 6.50. The highest BCUT2D eigenvalue weighted by Gasteiger charge is 2.36. The normalized spacial score (nSPS) is 13.9. The lowest BCUT2D eigenvalue weighted by molar-refractivity contribution is -0.141. The van der Waals surface area contributed by atoms with Gasteiger partial charge in [-0.05, 0) is 18.5 Å². The standard InChI is InChI=1S/C10H15NO2S/c1-10(2,7-5-4-6-14-7)8(11-3)9(12)13/h4-6,8,11H,1-3H3,(H,12,13)/t8-/m1/s1. The number of likely N-dealkylation sites (N-methyl/N-ethyl adjacent to an activating group) is 1. The van der Waals surface area contributed by atoms with Gasteiger partial charge in [0.05, 0.1) is 0 Å². The van der Waals surface area contributed by atoms with E-state index >= 15 is 0 Å². The molecule has 0 radical (unpaired) electrons. The summed E-state index contributed by atoms with van der Waals surface area (Å²) in [7, 11) is 1.67. The number of hydrogen-bond donors (Lipinski definition) is 2. The number of aliphatic carboxylic acids is 1. The highest BCUT2D eigenvalue weighted by molar-refractivity contribution is 7.10. The first kappa shape index (κ1) is 11.2. The van der Waals surface area contributed by atoms with Crippen LogP contribution in [0, 0.1) is 0 Å². The van der Waals surface area contributed by atoms with Gasteiger partial charge < -0.3 is 10.4 Å². The molecule has 2 N–H and O–H groups in total. The van der Waals surface area contributed by atoms with Crippen LogP contribution in [-0.4, -0.2) is 24.2 Å². The van der Waals surface area contributed by atoms with Crippen LogP contribution in [0.5, 0.6) is 0 Å². The molecule has 1 heterocycles. The van der Waals surface area contributed by atoms with Crippen molar-refractivity contribution < 1.29 is 9.90 Å². The van der Waals surface area contributed by atoms with Crippen molar-refractivity contribution in [3.63, 3.8) is 0 Å². The van der Waals surface area contributed by atoms with Gasteiger partial charge in [0.25, 0.3) is 0 Å². The lowest BCUT2D eigenvalue weighted by Crippen LogP contribution is -2.48. The van der Waals surface area contributed by atoms with Crippen LogP contribution in [0.3, 0.4) is 0 Å².